The van der Waals surface area contributed by atoms with Gasteiger partial charge in [-0.1, -0.05) is 17.7 Å². The predicted octanol–water partition coefficient (Wildman–Crippen LogP) is 1.91. The van der Waals surface area contributed by atoms with Gasteiger partial charge < -0.3 is 15.0 Å². The number of benzene rings is 1. The minimum atomic E-state index is -0.105. The normalized spacial score (nSPS) is 23.9. The van der Waals surface area contributed by atoms with Gasteiger partial charge in [0.25, 0.3) is 11.8 Å². The molecule has 2 aromatic rings. The number of aromatic nitrogens is 1. The Morgan fingerprint density at radius 3 is 2.78 bits per heavy atom. The van der Waals surface area contributed by atoms with Crippen molar-refractivity contribution in [3.63, 3.8) is 0 Å². The summed E-state index contributed by atoms with van der Waals surface area (Å²) in [5.41, 5.74) is 2.40. The third-order valence-electron chi connectivity index (χ3n) is 5.46. The summed E-state index contributed by atoms with van der Waals surface area (Å²) in [6.45, 7) is 4.45. The maximum absolute atomic E-state index is 12.8. The minimum absolute atomic E-state index is 0.0521. The topological polar surface area (TPSA) is 71.5 Å². The number of pyridine rings is 1. The van der Waals surface area contributed by atoms with Crippen LogP contribution < -0.4 is 5.32 Å². The average molecular weight is 365 g/mol. The van der Waals surface area contributed by atoms with Crippen LogP contribution in [0.15, 0.2) is 48.8 Å². The molecule has 0 unspecified atom stereocenters. The summed E-state index contributed by atoms with van der Waals surface area (Å²) in [6.07, 6.45) is 3.27. The smallest absolute Gasteiger partial charge is 0.253 e. The summed E-state index contributed by atoms with van der Waals surface area (Å²) in [5.74, 6) is 0.426. The van der Waals surface area contributed by atoms with E-state index < -0.39 is 0 Å². The lowest BCUT2D eigenvalue weighted by molar-refractivity contribution is 0.0674. The van der Waals surface area contributed by atoms with Crippen molar-refractivity contribution in [1.82, 2.24) is 15.2 Å². The highest BCUT2D eigenvalue weighted by atomic mass is 16.5. The molecule has 3 heterocycles. The van der Waals surface area contributed by atoms with E-state index >= 15 is 0 Å². The molecule has 2 fully saturated rings. The molecule has 6 heteroatoms. The molecule has 0 spiro atoms. The highest BCUT2D eigenvalue weighted by Crippen LogP contribution is 2.34. The number of nitrogens with zero attached hydrogens (tertiary/aromatic N) is 2. The number of rotatable bonds is 4. The largest absolute Gasteiger partial charge is 0.376 e. The molecule has 0 saturated carbocycles. The Hall–Kier alpha value is -2.73. The zero-order valence-electron chi connectivity index (χ0n) is 15.3. The van der Waals surface area contributed by atoms with Gasteiger partial charge in [0.15, 0.2) is 0 Å². The molecule has 1 aromatic heterocycles. The van der Waals surface area contributed by atoms with Crippen molar-refractivity contribution in [3.05, 3.63) is 65.5 Å². The third kappa shape index (κ3) is 3.71. The number of aryl methyl sites for hydroxylation is 1. The van der Waals surface area contributed by atoms with E-state index in [9.17, 15) is 9.59 Å². The Morgan fingerprint density at radius 2 is 2.00 bits per heavy atom. The van der Waals surface area contributed by atoms with Gasteiger partial charge in [0.2, 0.25) is 0 Å². The van der Waals surface area contributed by atoms with E-state index in [1.165, 1.54) is 0 Å². The van der Waals surface area contributed by atoms with Gasteiger partial charge in [-0.05, 0) is 31.2 Å². The van der Waals surface area contributed by atoms with Gasteiger partial charge in [-0.3, -0.25) is 14.6 Å². The quantitative estimate of drug-likeness (QED) is 0.898. The molecule has 0 radical (unpaired) electrons. The molecule has 1 aromatic carbocycles. The number of nitrogens with one attached hydrogen (secondary N) is 1. The highest BCUT2D eigenvalue weighted by Gasteiger charge is 2.45. The summed E-state index contributed by atoms with van der Waals surface area (Å²) in [4.78, 5) is 30.8. The molecule has 2 amide bonds. The lowest BCUT2D eigenvalue weighted by Crippen LogP contribution is -2.35. The SMILES string of the molecule is Cc1cccc(C(=O)N2C[C@@H]3[C@@H](CNC(=O)c4ccncc4)CO[C@@H]3C2)c1. The lowest BCUT2D eigenvalue weighted by Gasteiger charge is -2.20. The fraction of sp³-hybridized carbons (Fsp3) is 0.381. The van der Waals surface area contributed by atoms with Crippen LogP contribution >= 0.6 is 0 Å². The number of ether oxygens (including phenoxy) is 1. The van der Waals surface area contributed by atoms with E-state index in [0.717, 1.165) is 11.1 Å². The zero-order chi connectivity index (χ0) is 18.8. The van der Waals surface area contributed by atoms with E-state index in [1.54, 1.807) is 24.5 Å². The van der Waals surface area contributed by atoms with E-state index in [1.807, 2.05) is 36.1 Å². The van der Waals surface area contributed by atoms with Crippen molar-refractivity contribution in [1.29, 1.82) is 0 Å². The van der Waals surface area contributed by atoms with Crippen LogP contribution in [-0.4, -0.2) is 54.0 Å². The Kier molecular flexibility index (Phi) is 4.90. The molecule has 1 N–H and O–H groups in total. The van der Waals surface area contributed by atoms with Crippen LogP contribution in [0.25, 0.3) is 0 Å². The number of hydrogen-bond donors (Lipinski definition) is 1. The summed E-state index contributed by atoms with van der Waals surface area (Å²) in [7, 11) is 0. The molecule has 6 nitrogen and oxygen atoms in total. The second kappa shape index (κ2) is 7.48. The molecular formula is C21H23N3O3. The van der Waals surface area contributed by atoms with E-state index in [4.69, 9.17) is 4.74 Å². The Bertz CT molecular complexity index is 840. The summed E-state index contributed by atoms with van der Waals surface area (Å²) >= 11 is 0. The van der Waals surface area contributed by atoms with Crippen molar-refractivity contribution < 1.29 is 14.3 Å². The van der Waals surface area contributed by atoms with Gasteiger partial charge in [-0.25, -0.2) is 0 Å². The fourth-order valence-electron chi connectivity index (χ4n) is 3.96. The Labute approximate surface area is 158 Å². The molecule has 4 rings (SSSR count). The Morgan fingerprint density at radius 1 is 1.19 bits per heavy atom. The molecule has 27 heavy (non-hydrogen) atoms. The van der Waals surface area contributed by atoms with E-state index in [2.05, 4.69) is 10.3 Å². The molecule has 0 bridgehead atoms. The van der Waals surface area contributed by atoms with Crippen LogP contribution in [0, 0.1) is 18.8 Å². The molecule has 0 aliphatic carbocycles. The minimum Gasteiger partial charge on any atom is -0.376 e. The van der Waals surface area contributed by atoms with Crippen molar-refractivity contribution >= 4 is 11.8 Å². The number of fused-ring (bicyclic) bond motifs is 1. The van der Waals surface area contributed by atoms with E-state index in [-0.39, 0.29) is 29.8 Å². The third-order valence-corrected chi connectivity index (χ3v) is 5.46. The molecular weight excluding hydrogens is 342 g/mol. The number of amides is 2. The second-order valence-electron chi connectivity index (χ2n) is 7.32. The summed E-state index contributed by atoms with van der Waals surface area (Å²) < 4.78 is 5.91. The van der Waals surface area contributed by atoms with Gasteiger partial charge >= 0.3 is 0 Å². The first-order valence-corrected chi connectivity index (χ1v) is 9.27. The van der Waals surface area contributed by atoms with Crippen molar-refractivity contribution in [2.45, 2.75) is 13.0 Å². The van der Waals surface area contributed by atoms with Gasteiger partial charge in [0.1, 0.15) is 0 Å². The molecule has 3 atom stereocenters. The number of hydrogen-bond acceptors (Lipinski definition) is 4. The average Bonchev–Trinajstić information content (AvgIpc) is 3.27. The number of likely N-dealkylation sites (tertiary alicyclic amines) is 1. The van der Waals surface area contributed by atoms with Gasteiger partial charge in [0.05, 0.1) is 12.7 Å². The Balaban J connectivity index is 1.36. The van der Waals surface area contributed by atoms with Crippen molar-refractivity contribution in [2.24, 2.45) is 11.8 Å². The van der Waals surface area contributed by atoms with Crippen LogP contribution in [0.4, 0.5) is 0 Å². The first-order chi connectivity index (χ1) is 13.1. The van der Waals surface area contributed by atoms with E-state index in [0.29, 0.717) is 31.8 Å². The van der Waals surface area contributed by atoms with Crippen molar-refractivity contribution in [3.8, 4) is 0 Å². The van der Waals surface area contributed by atoms with Crippen LogP contribution in [0.2, 0.25) is 0 Å². The first kappa shape index (κ1) is 17.7. The van der Waals surface area contributed by atoms with Gasteiger partial charge in [-0.2, -0.15) is 0 Å². The molecule has 2 aliphatic heterocycles. The number of carbonyl (C=O) groups is 2. The monoisotopic (exact) mass is 365 g/mol. The van der Waals surface area contributed by atoms with Crippen molar-refractivity contribution in [2.75, 3.05) is 26.2 Å². The maximum atomic E-state index is 12.8. The van der Waals surface area contributed by atoms with Gasteiger partial charge in [-0.15, -0.1) is 0 Å². The summed E-state index contributed by atoms with van der Waals surface area (Å²) in [5, 5.41) is 2.99. The standard InChI is InChI=1S/C21H23N3O3/c1-14-3-2-4-16(9-14)21(26)24-11-18-17(13-27-19(18)12-24)10-23-20(25)15-5-7-22-8-6-15/h2-9,17-19H,10-13H2,1H3,(H,23,25)/t17-,18+,19+/m0/s1. The highest BCUT2D eigenvalue weighted by molar-refractivity contribution is 5.95. The van der Waals surface area contributed by atoms with Crippen LogP contribution in [0.3, 0.4) is 0 Å². The second-order valence-corrected chi connectivity index (χ2v) is 7.32. The van der Waals surface area contributed by atoms with Gasteiger partial charge in [0, 0.05) is 55.0 Å². The maximum Gasteiger partial charge on any atom is 0.253 e. The molecule has 140 valence electrons. The zero-order valence-corrected chi connectivity index (χ0v) is 15.3. The number of carbonyl (C=O) groups excluding carboxylic acids is 2. The lowest BCUT2D eigenvalue weighted by atomic mass is 9.93. The van der Waals surface area contributed by atoms with Crippen LogP contribution in [-0.2, 0) is 4.74 Å². The molecule has 2 saturated heterocycles. The first-order valence-electron chi connectivity index (χ1n) is 9.27. The van der Waals surface area contributed by atoms with Crippen LogP contribution in [0.1, 0.15) is 26.3 Å². The van der Waals surface area contributed by atoms with Crippen LogP contribution in [0.5, 0.6) is 0 Å². The molecule has 2 aliphatic rings. The predicted molar refractivity (Wildman–Crippen MR) is 100 cm³/mol. The summed E-state index contributed by atoms with van der Waals surface area (Å²) in [6, 6.07) is 11.1. The fourth-order valence-corrected chi connectivity index (χ4v) is 3.96.